The van der Waals surface area contributed by atoms with Gasteiger partial charge in [0.15, 0.2) is 0 Å². The molecule has 1 atom stereocenters. The summed E-state index contributed by atoms with van der Waals surface area (Å²) < 4.78 is 10.3. The van der Waals surface area contributed by atoms with Crippen LogP contribution in [0.1, 0.15) is 18.7 Å². The Kier molecular flexibility index (Phi) is 6.83. The maximum atomic E-state index is 13.0. The molecule has 0 spiro atoms. The van der Waals surface area contributed by atoms with Crippen LogP contribution in [0.25, 0.3) is 10.9 Å². The van der Waals surface area contributed by atoms with Crippen LogP contribution in [0.5, 0.6) is 0 Å². The van der Waals surface area contributed by atoms with Crippen molar-refractivity contribution in [3.8, 4) is 0 Å². The number of hydrogen-bond donors (Lipinski definition) is 0. The lowest BCUT2D eigenvalue weighted by molar-refractivity contribution is 0.0870. The summed E-state index contributed by atoms with van der Waals surface area (Å²) in [6, 6.07) is 6.77. The Morgan fingerprint density at radius 1 is 1.27 bits per heavy atom. The molecule has 2 aromatic heterocycles. The topological polar surface area (TPSA) is 65.2 Å². The van der Waals surface area contributed by atoms with Gasteiger partial charge in [0.1, 0.15) is 12.5 Å². The lowest BCUT2D eigenvalue weighted by atomic mass is 10.2. The van der Waals surface area contributed by atoms with E-state index in [0.29, 0.717) is 12.5 Å². The second-order valence-electron chi connectivity index (χ2n) is 8.98. The molecule has 7 nitrogen and oxygen atoms in total. The molecule has 0 aliphatic carbocycles. The van der Waals surface area contributed by atoms with Gasteiger partial charge in [0.2, 0.25) is 0 Å². The third kappa shape index (κ3) is 5.19. The van der Waals surface area contributed by atoms with Gasteiger partial charge in [0.25, 0.3) is 0 Å². The molecule has 3 rings (SSSR count). The molecule has 0 saturated carbocycles. The SMILES string of the molecule is CC(c1cn(COCC[Si](C)(C)C)cn1)n1c(=O)nc(N(C)C)c2ccc(Br)cc21. The number of hydrogen-bond acceptors (Lipinski definition) is 5. The summed E-state index contributed by atoms with van der Waals surface area (Å²) >= 11 is 3.53. The minimum atomic E-state index is -1.10. The summed E-state index contributed by atoms with van der Waals surface area (Å²) in [5.41, 5.74) is 1.32. The normalized spacial score (nSPS) is 13.0. The van der Waals surface area contributed by atoms with E-state index in [2.05, 4.69) is 45.5 Å². The van der Waals surface area contributed by atoms with Gasteiger partial charge in [-0.05, 0) is 31.2 Å². The molecule has 0 aliphatic rings. The van der Waals surface area contributed by atoms with Crippen molar-refractivity contribution in [3.63, 3.8) is 0 Å². The van der Waals surface area contributed by atoms with Gasteiger partial charge in [-0.3, -0.25) is 4.57 Å². The lowest BCUT2D eigenvalue weighted by Gasteiger charge is -2.20. The first-order valence-electron chi connectivity index (χ1n) is 10.1. The molecule has 0 radical (unpaired) electrons. The molecular formula is C21H30BrN5O2Si. The molecule has 0 amide bonds. The number of rotatable bonds is 8. The van der Waals surface area contributed by atoms with Crippen molar-refractivity contribution in [2.24, 2.45) is 0 Å². The second-order valence-corrected chi connectivity index (χ2v) is 15.5. The molecule has 2 heterocycles. The predicted molar refractivity (Wildman–Crippen MR) is 128 cm³/mol. The molecule has 0 aliphatic heterocycles. The third-order valence-electron chi connectivity index (χ3n) is 5.00. The zero-order valence-electron chi connectivity index (χ0n) is 18.5. The smallest absolute Gasteiger partial charge is 0.350 e. The van der Waals surface area contributed by atoms with Gasteiger partial charge in [-0.2, -0.15) is 4.98 Å². The summed E-state index contributed by atoms with van der Waals surface area (Å²) in [5.74, 6) is 0.660. The first kappa shape index (κ1) is 22.7. The summed E-state index contributed by atoms with van der Waals surface area (Å²) in [7, 11) is 2.68. The number of fused-ring (bicyclic) bond motifs is 1. The van der Waals surface area contributed by atoms with E-state index in [1.165, 1.54) is 0 Å². The minimum absolute atomic E-state index is 0.263. The zero-order valence-corrected chi connectivity index (χ0v) is 21.1. The highest BCUT2D eigenvalue weighted by Crippen LogP contribution is 2.28. The second kappa shape index (κ2) is 9.03. The summed E-state index contributed by atoms with van der Waals surface area (Å²) in [6.45, 7) is 10.2. The molecule has 0 N–H and O–H groups in total. The van der Waals surface area contributed by atoms with Crippen LogP contribution in [0.2, 0.25) is 25.7 Å². The summed E-state index contributed by atoms with van der Waals surface area (Å²) in [6.07, 6.45) is 3.69. The van der Waals surface area contributed by atoms with Crippen molar-refractivity contribution in [1.29, 1.82) is 0 Å². The van der Waals surface area contributed by atoms with Crippen LogP contribution in [0, 0.1) is 0 Å². The summed E-state index contributed by atoms with van der Waals surface area (Å²) in [5, 5.41) is 0.920. The largest absolute Gasteiger partial charge is 0.362 e. The molecule has 0 bridgehead atoms. The number of nitrogens with zero attached hydrogens (tertiary/aromatic N) is 5. The third-order valence-corrected chi connectivity index (χ3v) is 7.19. The fraction of sp³-hybridized carbons (Fsp3) is 0.476. The molecule has 1 unspecified atom stereocenters. The average Bonchev–Trinajstić information content (AvgIpc) is 3.12. The van der Waals surface area contributed by atoms with E-state index in [1.807, 2.05) is 54.9 Å². The highest BCUT2D eigenvalue weighted by atomic mass is 79.9. The standard InChI is InChI=1S/C21H30BrN5O2Si/c1-15(18-12-26(13-23-18)14-29-9-10-30(4,5)6)27-19-11-16(22)7-8-17(19)20(25(2)3)24-21(27)28/h7-8,11-13,15H,9-10,14H2,1-6H3. The maximum absolute atomic E-state index is 13.0. The van der Waals surface area contributed by atoms with Crippen LogP contribution in [0.15, 0.2) is 40.0 Å². The Balaban J connectivity index is 1.89. The monoisotopic (exact) mass is 491 g/mol. The van der Waals surface area contributed by atoms with Crippen LogP contribution < -0.4 is 10.6 Å². The van der Waals surface area contributed by atoms with Crippen molar-refractivity contribution in [2.45, 2.75) is 45.4 Å². The number of ether oxygens (including phenoxy) is 1. The van der Waals surface area contributed by atoms with Crippen molar-refractivity contribution < 1.29 is 4.74 Å². The average molecular weight is 492 g/mol. The fourth-order valence-corrected chi connectivity index (χ4v) is 4.37. The van der Waals surface area contributed by atoms with Gasteiger partial charge in [-0.15, -0.1) is 0 Å². The van der Waals surface area contributed by atoms with Crippen LogP contribution in [-0.4, -0.2) is 47.9 Å². The molecule has 0 saturated heterocycles. The van der Waals surface area contributed by atoms with E-state index < -0.39 is 8.07 Å². The van der Waals surface area contributed by atoms with Crippen molar-refractivity contribution in [3.05, 3.63) is 51.4 Å². The van der Waals surface area contributed by atoms with Crippen LogP contribution >= 0.6 is 15.9 Å². The number of anilines is 1. The first-order valence-corrected chi connectivity index (χ1v) is 14.6. The van der Waals surface area contributed by atoms with E-state index in [1.54, 1.807) is 10.9 Å². The van der Waals surface area contributed by atoms with Crippen molar-refractivity contribution in [2.75, 3.05) is 25.6 Å². The van der Waals surface area contributed by atoms with Gasteiger partial charge >= 0.3 is 5.69 Å². The first-order chi connectivity index (χ1) is 14.1. The molecule has 1 aromatic carbocycles. The van der Waals surface area contributed by atoms with E-state index in [4.69, 9.17) is 4.74 Å². The van der Waals surface area contributed by atoms with Gasteiger partial charge in [0, 0.05) is 44.8 Å². The Bertz CT molecular complexity index is 1090. The molecule has 3 aromatic rings. The van der Waals surface area contributed by atoms with Gasteiger partial charge in [-0.25, -0.2) is 9.78 Å². The summed E-state index contributed by atoms with van der Waals surface area (Å²) in [4.78, 5) is 23.7. The van der Waals surface area contributed by atoms with Crippen molar-refractivity contribution in [1.82, 2.24) is 19.1 Å². The Hall–Kier alpha value is -1.97. The van der Waals surface area contributed by atoms with Crippen molar-refractivity contribution >= 4 is 40.7 Å². The van der Waals surface area contributed by atoms with Crippen LogP contribution in [0.4, 0.5) is 5.82 Å². The van der Waals surface area contributed by atoms with Crippen LogP contribution in [0.3, 0.4) is 0 Å². The van der Waals surface area contributed by atoms with E-state index in [9.17, 15) is 4.79 Å². The maximum Gasteiger partial charge on any atom is 0.350 e. The Morgan fingerprint density at radius 3 is 2.67 bits per heavy atom. The van der Waals surface area contributed by atoms with Gasteiger partial charge < -0.3 is 14.2 Å². The molecule has 9 heteroatoms. The number of imidazole rings is 1. The molecule has 162 valence electrons. The van der Waals surface area contributed by atoms with Crippen LogP contribution in [-0.2, 0) is 11.5 Å². The quantitative estimate of drug-likeness (QED) is 0.346. The highest BCUT2D eigenvalue weighted by Gasteiger charge is 2.19. The Labute approximate surface area is 186 Å². The highest BCUT2D eigenvalue weighted by molar-refractivity contribution is 9.10. The molecular weight excluding hydrogens is 462 g/mol. The minimum Gasteiger partial charge on any atom is -0.362 e. The Morgan fingerprint density at radius 2 is 2.00 bits per heavy atom. The number of aromatic nitrogens is 4. The predicted octanol–water partition coefficient (Wildman–Crippen LogP) is 4.34. The molecule has 30 heavy (non-hydrogen) atoms. The molecule has 0 fully saturated rings. The number of benzene rings is 1. The van der Waals surface area contributed by atoms with E-state index in [0.717, 1.165) is 33.7 Å². The van der Waals surface area contributed by atoms with Gasteiger partial charge in [0.05, 0.1) is 23.6 Å². The zero-order chi connectivity index (χ0) is 22.1. The fourth-order valence-electron chi connectivity index (χ4n) is 3.26. The number of halogens is 1. The van der Waals surface area contributed by atoms with E-state index >= 15 is 0 Å². The lowest BCUT2D eigenvalue weighted by Crippen LogP contribution is -2.29. The van der Waals surface area contributed by atoms with Gasteiger partial charge in [-0.1, -0.05) is 35.6 Å². The van der Waals surface area contributed by atoms with E-state index in [-0.39, 0.29) is 11.7 Å².